The van der Waals surface area contributed by atoms with E-state index in [0.717, 1.165) is 0 Å². The van der Waals surface area contributed by atoms with E-state index in [1.165, 1.54) is 6.20 Å². The van der Waals surface area contributed by atoms with Crippen LogP contribution in [-0.4, -0.2) is 60.8 Å². The topological polar surface area (TPSA) is 106 Å². The van der Waals surface area contributed by atoms with Gasteiger partial charge in [-0.2, -0.15) is 5.10 Å². The Hall–Kier alpha value is -1.93. The molecule has 1 aromatic rings. The van der Waals surface area contributed by atoms with Crippen LogP contribution in [0.4, 0.5) is 5.82 Å². The number of oxime groups is 1. The van der Waals surface area contributed by atoms with E-state index < -0.39 is 0 Å². The first-order chi connectivity index (χ1) is 10.2. The fraction of sp³-hybridized carbons (Fsp3) is 0.615. The zero-order valence-corrected chi connectivity index (χ0v) is 12.5. The number of hydrogen-bond acceptors (Lipinski definition) is 7. The summed E-state index contributed by atoms with van der Waals surface area (Å²) in [5, 5.41) is 19.9. The van der Waals surface area contributed by atoms with Gasteiger partial charge in [0.2, 0.25) is 0 Å². The van der Waals surface area contributed by atoms with Crippen LogP contribution in [0, 0.1) is 0 Å². The zero-order valence-electron chi connectivity index (χ0n) is 12.5. The lowest BCUT2D eigenvalue weighted by molar-refractivity contribution is 0.141. The second-order valence-corrected chi connectivity index (χ2v) is 4.13. The number of hydrogen-bond donors (Lipinski definition) is 2. The van der Waals surface area contributed by atoms with Gasteiger partial charge >= 0.3 is 0 Å². The van der Waals surface area contributed by atoms with Crippen molar-refractivity contribution in [3.05, 3.63) is 17.8 Å². The van der Waals surface area contributed by atoms with Crippen molar-refractivity contribution >= 4 is 11.7 Å². The number of aromatic nitrogens is 2. The highest BCUT2D eigenvalue weighted by molar-refractivity contribution is 6.01. The average molecular weight is 297 g/mol. The van der Waals surface area contributed by atoms with Gasteiger partial charge in [-0.3, -0.25) is 0 Å². The van der Waals surface area contributed by atoms with Crippen LogP contribution in [0.5, 0.6) is 0 Å². The van der Waals surface area contributed by atoms with Gasteiger partial charge in [0.05, 0.1) is 25.0 Å². The summed E-state index contributed by atoms with van der Waals surface area (Å²) >= 11 is 0. The van der Waals surface area contributed by atoms with E-state index in [0.29, 0.717) is 50.9 Å². The Balaban J connectivity index is 2.89. The summed E-state index contributed by atoms with van der Waals surface area (Å²) in [6.45, 7) is 7.50. The molecule has 1 rings (SSSR count). The van der Waals surface area contributed by atoms with Gasteiger partial charge in [-0.25, -0.2) is 0 Å². The first kappa shape index (κ1) is 17.1. The van der Waals surface area contributed by atoms with Gasteiger partial charge in [0.25, 0.3) is 0 Å². The van der Waals surface area contributed by atoms with Gasteiger partial charge in [0.15, 0.2) is 11.7 Å². The highest BCUT2D eigenvalue weighted by Gasteiger charge is 2.16. The molecule has 0 amide bonds. The Morgan fingerprint density at radius 1 is 1.29 bits per heavy atom. The predicted octanol–water partition coefficient (Wildman–Crippen LogP) is 0.451. The summed E-state index contributed by atoms with van der Waals surface area (Å²) in [6.07, 6.45) is 1.50. The summed E-state index contributed by atoms with van der Waals surface area (Å²) in [5.41, 5.74) is 6.21. The van der Waals surface area contributed by atoms with Crippen molar-refractivity contribution in [1.29, 1.82) is 0 Å². The molecule has 3 N–H and O–H groups in total. The molecule has 0 radical (unpaired) electrons. The van der Waals surface area contributed by atoms with Crippen LogP contribution in [0.3, 0.4) is 0 Å². The molecule has 21 heavy (non-hydrogen) atoms. The van der Waals surface area contributed by atoms with Gasteiger partial charge in [-0.15, -0.1) is 5.10 Å². The van der Waals surface area contributed by atoms with E-state index in [4.69, 9.17) is 20.4 Å². The Kier molecular flexibility index (Phi) is 8.07. The van der Waals surface area contributed by atoms with E-state index in [1.807, 2.05) is 18.7 Å². The molecule has 0 saturated carbocycles. The Labute approximate surface area is 124 Å². The second kappa shape index (κ2) is 9.89. The number of nitrogens with zero attached hydrogens (tertiary/aromatic N) is 4. The molecule has 1 aromatic heterocycles. The molecule has 0 spiro atoms. The molecule has 0 saturated heterocycles. The van der Waals surface area contributed by atoms with Gasteiger partial charge in [-0.1, -0.05) is 5.16 Å². The molecule has 1 heterocycles. The van der Waals surface area contributed by atoms with Crippen LogP contribution < -0.4 is 10.6 Å². The Morgan fingerprint density at radius 2 is 1.90 bits per heavy atom. The SMILES string of the molecule is CCOCCN(CCOCC)c1nnccc1/C(N)=N/O. The minimum Gasteiger partial charge on any atom is -0.409 e. The van der Waals surface area contributed by atoms with Crippen molar-refractivity contribution < 1.29 is 14.7 Å². The molecule has 0 fully saturated rings. The highest BCUT2D eigenvalue weighted by atomic mass is 16.5. The van der Waals surface area contributed by atoms with Crippen LogP contribution in [-0.2, 0) is 9.47 Å². The van der Waals surface area contributed by atoms with Gasteiger partial charge in [-0.05, 0) is 19.9 Å². The number of ether oxygens (including phenoxy) is 2. The Bertz CT molecular complexity index is 432. The third-order valence-corrected chi connectivity index (χ3v) is 2.80. The molecule has 0 aliphatic heterocycles. The van der Waals surface area contributed by atoms with Crippen molar-refractivity contribution in [1.82, 2.24) is 10.2 Å². The van der Waals surface area contributed by atoms with Crippen LogP contribution in [0.15, 0.2) is 17.4 Å². The molecule has 0 atom stereocenters. The zero-order chi connectivity index (χ0) is 15.5. The lowest BCUT2D eigenvalue weighted by Crippen LogP contribution is -2.34. The van der Waals surface area contributed by atoms with E-state index >= 15 is 0 Å². The van der Waals surface area contributed by atoms with E-state index in [9.17, 15) is 0 Å². The quantitative estimate of drug-likeness (QED) is 0.212. The summed E-state index contributed by atoms with van der Waals surface area (Å²) < 4.78 is 10.8. The van der Waals surface area contributed by atoms with Crippen LogP contribution in [0.1, 0.15) is 19.4 Å². The summed E-state index contributed by atoms with van der Waals surface area (Å²) in [5.74, 6) is 0.546. The molecule has 8 heteroatoms. The summed E-state index contributed by atoms with van der Waals surface area (Å²) in [7, 11) is 0. The third kappa shape index (κ3) is 5.52. The average Bonchev–Trinajstić information content (AvgIpc) is 2.53. The normalized spacial score (nSPS) is 11.6. The molecular formula is C13H23N5O3. The summed E-state index contributed by atoms with van der Waals surface area (Å²) in [6, 6.07) is 1.66. The molecule has 0 unspecified atom stereocenters. The van der Waals surface area contributed by atoms with Crippen molar-refractivity contribution in [2.45, 2.75) is 13.8 Å². The first-order valence-corrected chi connectivity index (χ1v) is 6.94. The van der Waals surface area contributed by atoms with Crippen LogP contribution >= 0.6 is 0 Å². The number of amidine groups is 1. The predicted molar refractivity (Wildman–Crippen MR) is 79.7 cm³/mol. The van der Waals surface area contributed by atoms with Crippen LogP contribution in [0.25, 0.3) is 0 Å². The van der Waals surface area contributed by atoms with Crippen molar-refractivity contribution in [2.24, 2.45) is 10.9 Å². The van der Waals surface area contributed by atoms with Crippen molar-refractivity contribution in [3.63, 3.8) is 0 Å². The number of rotatable bonds is 10. The standard InChI is InChI=1S/C13H23N5O3/c1-3-20-9-7-18(8-10-21-4-2)13-11(12(14)17-19)5-6-15-16-13/h5-6,19H,3-4,7-10H2,1-2H3,(H2,14,17). The first-order valence-electron chi connectivity index (χ1n) is 6.94. The maximum absolute atomic E-state index is 8.87. The van der Waals surface area contributed by atoms with E-state index in [-0.39, 0.29) is 5.84 Å². The number of anilines is 1. The molecule has 0 bridgehead atoms. The summed E-state index contributed by atoms with van der Waals surface area (Å²) in [4.78, 5) is 1.95. The Morgan fingerprint density at radius 3 is 2.43 bits per heavy atom. The molecule has 118 valence electrons. The molecule has 8 nitrogen and oxygen atoms in total. The number of nitrogens with two attached hydrogens (primary N) is 1. The lowest BCUT2D eigenvalue weighted by Gasteiger charge is -2.24. The molecule has 0 aromatic carbocycles. The lowest BCUT2D eigenvalue weighted by atomic mass is 10.2. The monoisotopic (exact) mass is 297 g/mol. The van der Waals surface area contributed by atoms with Gasteiger partial charge < -0.3 is 25.3 Å². The minimum absolute atomic E-state index is 0.00211. The van der Waals surface area contributed by atoms with Gasteiger partial charge in [0, 0.05) is 26.3 Å². The fourth-order valence-electron chi connectivity index (χ4n) is 1.77. The molecule has 0 aliphatic rings. The fourth-order valence-corrected chi connectivity index (χ4v) is 1.77. The van der Waals surface area contributed by atoms with Crippen LogP contribution in [0.2, 0.25) is 0 Å². The van der Waals surface area contributed by atoms with Gasteiger partial charge in [0.1, 0.15) is 0 Å². The smallest absolute Gasteiger partial charge is 0.173 e. The largest absolute Gasteiger partial charge is 0.409 e. The highest BCUT2D eigenvalue weighted by Crippen LogP contribution is 2.15. The molecular weight excluding hydrogens is 274 g/mol. The van der Waals surface area contributed by atoms with E-state index in [2.05, 4.69) is 15.4 Å². The maximum atomic E-state index is 8.87. The third-order valence-electron chi connectivity index (χ3n) is 2.80. The van der Waals surface area contributed by atoms with Crippen molar-refractivity contribution in [2.75, 3.05) is 44.4 Å². The minimum atomic E-state index is -0.00211. The molecule has 0 aliphatic carbocycles. The maximum Gasteiger partial charge on any atom is 0.173 e. The van der Waals surface area contributed by atoms with E-state index in [1.54, 1.807) is 6.07 Å². The van der Waals surface area contributed by atoms with Crippen molar-refractivity contribution in [3.8, 4) is 0 Å². The second-order valence-electron chi connectivity index (χ2n) is 4.13.